The maximum atomic E-state index is 11.5. The van der Waals surface area contributed by atoms with Gasteiger partial charge in [-0.3, -0.25) is 9.48 Å². The van der Waals surface area contributed by atoms with Crippen molar-refractivity contribution < 1.29 is 9.53 Å². The van der Waals surface area contributed by atoms with Gasteiger partial charge in [-0.05, 0) is 19.4 Å². The molecule has 0 spiro atoms. The first-order chi connectivity index (χ1) is 7.72. The average Bonchev–Trinajstić information content (AvgIpc) is 2.74. The summed E-state index contributed by atoms with van der Waals surface area (Å²) >= 11 is 0. The molecular formula is C10H16N4O2. The molecular weight excluding hydrogens is 208 g/mol. The predicted octanol–water partition coefficient (Wildman–Crippen LogP) is 0.0288. The fraction of sp³-hybridized carbons (Fsp3) is 0.700. The van der Waals surface area contributed by atoms with Gasteiger partial charge in [-0.25, -0.2) is 0 Å². The van der Waals surface area contributed by atoms with Gasteiger partial charge in [0.05, 0.1) is 31.0 Å². The molecule has 6 heteroatoms. The number of carbonyl (C=O) groups excluding carboxylic acids is 1. The largest absolute Gasteiger partial charge is 0.469 e. The summed E-state index contributed by atoms with van der Waals surface area (Å²) < 4.78 is 6.51. The first-order valence-electron chi connectivity index (χ1n) is 5.38. The van der Waals surface area contributed by atoms with Crippen LogP contribution < -0.4 is 5.32 Å². The molecule has 0 aromatic carbocycles. The van der Waals surface area contributed by atoms with Crippen LogP contribution in [0.5, 0.6) is 0 Å². The SMILES string of the molecule is COC(=O)C1CCNC(c2cnnn2C)C1. The minimum atomic E-state index is -0.123. The third-order valence-corrected chi connectivity index (χ3v) is 3.04. The Balaban J connectivity index is 2.07. The van der Waals surface area contributed by atoms with Gasteiger partial charge in [0.25, 0.3) is 0 Å². The molecule has 16 heavy (non-hydrogen) atoms. The van der Waals surface area contributed by atoms with E-state index in [0.29, 0.717) is 0 Å². The van der Waals surface area contributed by atoms with Crippen LogP contribution in [0.1, 0.15) is 24.6 Å². The molecule has 1 aromatic heterocycles. The third-order valence-electron chi connectivity index (χ3n) is 3.04. The fourth-order valence-corrected chi connectivity index (χ4v) is 2.14. The van der Waals surface area contributed by atoms with Gasteiger partial charge < -0.3 is 10.1 Å². The van der Waals surface area contributed by atoms with Crippen LogP contribution in [0.25, 0.3) is 0 Å². The van der Waals surface area contributed by atoms with E-state index >= 15 is 0 Å². The van der Waals surface area contributed by atoms with Crippen molar-refractivity contribution in [2.75, 3.05) is 13.7 Å². The van der Waals surface area contributed by atoms with Crippen molar-refractivity contribution in [3.63, 3.8) is 0 Å². The number of hydrogen-bond acceptors (Lipinski definition) is 5. The van der Waals surface area contributed by atoms with Gasteiger partial charge in [-0.15, -0.1) is 5.10 Å². The summed E-state index contributed by atoms with van der Waals surface area (Å²) in [4.78, 5) is 11.5. The van der Waals surface area contributed by atoms with E-state index in [-0.39, 0.29) is 17.9 Å². The van der Waals surface area contributed by atoms with Crippen LogP contribution in [-0.4, -0.2) is 34.6 Å². The standard InChI is InChI=1S/C10H16N4O2/c1-14-9(6-12-13-14)8-5-7(3-4-11-8)10(15)16-2/h6-8,11H,3-5H2,1-2H3. The molecule has 1 fully saturated rings. The van der Waals surface area contributed by atoms with Crippen molar-refractivity contribution in [1.82, 2.24) is 20.3 Å². The van der Waals surface area contributed by atoms with Crippen molar-refractivity contribution >= 4 is 5.97 Å². The Kier molecular flexibility index (Phi) is 3.19. The Hall–Kier alpha value is -1.43. The summed E-state index contributed by atoms with van der Waals surface area (Å²) in [5.41, 5.74) is 1.01. The van der Waals surface area contributed by atoms with Crippen LogP contribution in [0, 0.1) is 5.92 Å². The van der Waals surface area contributed by atoms with Gasteiger partial charge in [0, 0.05) is 7.05 Å². The number of nitrogens with zero attached hydrogens (tertiary/aromatic N) is 3. The van der Waals surface area contributed by atoms with Crippen LogP contribution in [-0.2, 0) is 16.6 Å². The van der Waals surface area contributed by atoms with E-state index in [4.69, 9.17) is 4.74 Å². The number of piperidine rings is 1. The zero-order chi connectivity index (χ0) is 11.5. The molecule has 2 unspecified atom stereocenters. The molecule has 1 aliphatic heterocycles. The third kappa shape index (κ3) is 2.06. The number of aromatic nitrogens is 3. The van der Waals surface area contributed by atoms with Gasteiger partial charge in [-0.1, -0.05) is 5.21 Å². The lowest BCUT2D eigenvalue weighted by Crippen LogP contribution is -2.36. The zero-order valence-electron chi connectivity index (χ0n) is 9.51. The smallest absolute Gasteiger partial charge is 0.308 e. The first kappa shape index (κ1) is 11.1. The molecule has 0 radical (unpaired) electrons. The number of aryl methyl sites for hydroxylation is 1. The monoisotopic (exact) mass is 224 g/mol. The Morgan fingerprint density at radius 1 is 1.69 bits per heavy atom. The molecule has 2 atom stereocenters. The molecule has 2 rings (SSSR count). The van der Waals surface area contributed by atoms with Crippen molar-refractivity contribution in [2.24, 2.45) is 13.0 Å². The maximum absolute atomic E-state index is 11.5. The van der Waals surface area contributed by atoms with E-state index in [1.165, 1.54) is 7.11 Å². The number of ether oxygens (including phenoxy) is 1. The lowest BCUT2D eigenvalue weighted by molar-refractivity contribution is -0.146. The van der Waals surface area contributed by atoms with Crippen LogP contribution in [0.15, 0.2) is 6.20 Å². The van der Waals surface area contributed by atoms with Gasteiger partial charge in [0.2, 0.25) is 0 Å². The first-order valence-corrected chi connectivity index (χ1v) is 5.38. The molecule has 6 nitrogen and oxygen atoms in total. The molecule has 2 heterocycles. The van der Waals surface area contributed by atoms with Crippen molar-refractivity contribution in [3.8, 4) is 0 Å². The lowest BCUT2D eigenvalue weighted by atomic mass is 9.91. The topological polar surface area (TPSA) is 69.0 Å². The number of methoxy groups -OCH3 is 1. The highest BCUT2D eigenvalue weighted by Crippen LogP contribution is 2.26. The lowest BCUT2D eigenvalue weighted by Gasteiger charge is -2.28. The molecule has 1 aliphatic rings. The van der Waals surface area contributed by atoms with Gasteiger partial charge in [0.15, 0.2) is 0 Å². The van der Waals surface area contributed by atoms with Crippen LogP contribution >= 0.6 is 0 Å². The summed E-state index contributed by atoms with van der Waals surface area (Å²) in [6.45, 7) is 0.815. The molecule has 0 bridgehead atoms. The highest BCUT2D eigenvalue weighted by Gasteiger charge is 2.29. The highest BCUT2D eigenvalue weighted by molar-refractivity contribution is 5.72. The summed E-state index contributed by atoms with van der Waals surface area (Å²) in [6, 6.07) is 0.137. The molecule has 88 valence electrons. The zero-order valence-corrected chi connectivity index (χ0v) is 9.51. The number of hydrogen-bond donors (Lipinski definition) is 1. The van der Waals surface area contributed by atoms with Gasteiger partial charge in [-0.2, -0.15) is 0 Å². The maximum Gasteiger partial charge on any atom is 0.308 e. The Bertz CT molecular complexity index is 377. The molecule has 1 N–H and O–H groups in total. The normalized spacial score (nSPS) is 25.4. The van der Waals surface area contributed by atoms with Crippen LogP contribution in [0.3, 0.4) is 0 Å². The number of esters is 1. The summed E-state index contributed by atoms with van der Waals surface area (Å²) in [6.07, 6.45) is 3.31. The molecule has 0 amide bonds. The second-order valence-electron chi connectivity index (χ2n) is 4.03. The number of carbonyl (C=O) groups is 1. The minimum Gasteiger partial charge on any atom is -0.469 e. The van der Waals surface area contributed by atoms with E-state index in [2.05, 4.69) is 15.6 Å². The van der Waals surface area contributed by atoms with Gasteiger partial charge in [0.1, 0.15) is 0 Å². The number of nitrogens with one attached hydrogen (secondary N) is 1. The van der Waals surface area contributed by atoms with E-state index < -0.39 is 0 Å². The predicted molar refractivity (Wildman–Crippen MR) is 56.5 cm³/mol. The van der Waals surface area contributed by atoms with E-state index in [0.717, 1.165) is 25.1 Å². The fourth-order valence-electron chi connectivity index (χ4n) is 2.14. The van der Waals surface area contributed by atoms with Crippen molar-refractivity contribution in [1.29, 1.82) is 0 Å². The van der Waals surface area contributed by atoms with Gasteiger partial charge >= 0.3 is 5.97 Å². The summed E-state index contributed by atoms with van der Waals surface area (Å²) in [5.74, 6) is -0.146. The van der Waals surface area contributed by atoms with Crippen molar-refractivity contribution in [3.05, 3.63) is 11.9 Å². The second kappa shape index (κ2) is 4.61. The Morgan fingerprint density at radius 3 is 3.12 bits per heavy atom. The quantitative estimate of drug-likeness (QED) is 0.718. The van der Waals surface area contributed by atoms with E-state index in [9.17, 15) is 4.79 Å². The number of rotatable bonds is 2. The van der Waals surface area contributed by atoms with E-state index in [1.807, 2.05) is 7.05 Å². The molecule has 0 saturated carbocycles. The summed E-state index contributed by atoms with van der Waals surface area (Å²) in [7, 11) is 3.29. The molecule has 0 aliphatic carbocycles. The Morgan fingerprint density at radius 2 is 2.50 bits per heavy atom. The van der Waals surface area contributed by atoms with Crippen LogP contribution in [0.4, 0.5) is 0 Å². The molecule has 1 aromatic rings. The highest BCUT2D eigenvalue weighted by atomic mass is 16.5. The van der Waals surface area contributed by atoms with Crippen molar-refractivity contribution in [2.45, 2.75) is 18.9 Å². The summed E-state index contributed by atoms with van der Waals surface area (Å²) in [5, 5.41) is 11.1. The molecule has 1 saturated heterocycles. The minimum absolute atomic E-state index is 0.0221. The Labute approximate surface area is 94.0 Å². The van der Waals surface area contributed by atoms with E-state index in [1.54, 1.807) is 10.9 Å². The second-order valence-corrected chi connectivity index (χ2v) is 4.03. The van der Waals surface area contributed by atoms with Crippen LogP contribution in [0.2, 0.25) is 0 Å². The average molecular weight is 224 g/mol.